The summed E-state index contributed by atoms with van der Waals surface area (Å²) in [6.07, 6.45) is 8.00. The molecule has 1 N–H and O–H groups in total. The van der Waals surface area contributed by atoms with Crippen molar-refractivity contribution in [2.75, 3.05) is 5.43 Å². The van der Waals surface area contributed by atoms with Gasteiger partial charge in [-0.3, -0.25) is 15.4 Å². The molecule has 3 aromatic rings. The number of amidine groups is 1. The molecule has 23 heavy (non-hydrogen) atoms. The third kappa shape index (κ3) is 4.24. The highest BCUT2D eigenvalue weighted by molar-refractivity contribution is 5.99. The molecule has 0 fully saturated rings. The molecule has 0 spiro atoms. The van der Waals surface area contributed by atoms with Gasteiger partial charge < -0.3 is 0 Å². The van der Waals surface area contributed by atoms with Crippen LogP contribution < -0.4 is 5.43 Å². The molecular formula is C16H13N7. The monoisotopic (exact) mass is 303 g/mol. The first-order chi connectivity index (χ1) is 11.4. The van der Waals surface area contributed by atoms with Crippen molar-refractivity contribution in [3.63, 3.8) is 0 Å². The van der Waals surface area contributed by atoms with Crippen LogP contribution in [0.25, 0.3) is 0 Å². The van der Waals surface area contributed by atoms with Gasteiger partial charge >= 0.3 is 0 Å². The highest BCUT2D eigenvalue weighted by Gasteiger charge is 2.02. The van der Waals surface area contributed by atoms with E-state index in [-0.39, 0.29) is 0 Å². The number of aromatic nitrogens is 3. The third-order valence-corrected chi connectivity index (χ3v) is 2.80. The maximum absolute atomic E-state index is 4.31. The van der Waals surface area contributed by atoms with Crippen LogP contribution >= 0.6 is 0 Å². The number of pyridine rings is 1. The number of nitrogens with zero attached hydrogens (tertiary/aromatic N) is 6. The zero-order chi connectivity index (χ0) is 15.7. The predicted molar refractivity (Wildman–Crippen MR) is 87.4 cm³/mol. The molecule has 112 valence electrons. The Hall–Kier alpha value is -3.48. The number of hydrazone groups is 1. The number of hydrogen-bond donors (Lipinski definition) is 1. The number of azo groups is 1. The van der Waals surface area contributed by atoms with Gasteiger partial charge in [0.1, 0.15) is 0 Å². The summed E-state index contributed by atoms with van der Waals surface area (Å²) in [6, 6.07) is 13.2. The molecule has 2 heterocycles. The molecule has 0 aliphatic rings. The van der Waals surface area contributed by atoms with Crippen LogP contribution in [0.4, 0.5) is 11.5 Å². The van der Waals surface area contributed by atoms with Crippen LogP contribution in [-0.4, -0.2) is 20.8 Å². The zero-order valence-corrected chi connectivity index (χ0v) is 12.1. The van der Waals surface area contributed by atoms with E-state index in [2.05, 4.69) is 35.7 Å². The van der Waals surface area contributed by atoms with Gasteiger partial charge in [-0.2, -0.15) is 5.10 Å². The van der Waals surface area contributed by atoms with Crippen LogP contribution in [0.5, 0.6) is 0 Å². The Morgan fingerprint density at radius 1 is 0.870 bits per heavy atom. The first-order valence-corrected chi connectivity index (χ1v) is 6.89. The highest BCUT2D eigenvalue weighted by atomic mass is 15.3. The van der Waals surface area contributed by atoms with Crippen molar-refractivity contribution in [3.05, 3.63) is 79.0 Å². The first-order valence-electron chi connectivity index (χ1n) is 6.89. The summed E-state index contributed by atoms with van der Waals surface area (Å²) in [5, 5.41) is 12.5. The Labute approximate surface area is 132 Å². The lowest BCUT2D eigenvalue weighted by Crippen LogP contribution is -2.01. The van der Waals surface area contributed by atoms with E-state index in [1.54, 1.807) is 36.9 Å². The Bertz CT molecular complexity index is 786. The van der Waals surface area contributed by atoms with Crippen LogP contribution in [0.1, 0.15) is 5.56 Å². The molecule has 0 aliphatic carbocycles. The van der Waals surface area contributed by atoms with E-state index in [1.807, 2.05) is 30.3 Å². The lowest BCUT2D eigenvalue weighted by molar-refractivity contribution is 1.11. The smallest absolute Gasteiger partial charge is 0.201 e. The molecular weight excluding hydrogens is 290 g/mol. The first kappa shape index (κ1) is 14.5. The lowest BCUT2D eigenvalue weighted by atomic mass is 10.2. The number of anilines is 1. The van der Waals surface area contributed by atoms with Gasteiger partial charge in [0.2, 0.25) is 5.84 Å². The van der Waals surface area contributed by atoms with Crippen molar-refractivity contribution in [3.8, 4) is 0 Å². The predicted octanol–water partition coefficient (Wildman–Crippen LogP) is 3.43. The number of benzene rings is 1. The summed E-state index contributed by atoms with van der Waals surface area (Å²) >= 11 is 0. The fourth-order valence-corrected chi connectivity index (χ4v) is 1.72. The maximum Gasteiger partial charge on any atom is 0.201 e. The van der Waals surface area contributed by atoms with Crippen LogP contribution in [0.15, 0.2) is 88.8 Å². The summed E-state index contributed by atoms with van der Waals surface area (Å²) < 4.78 is 0. The van der Waals surface area contributed by atoms with Gasteiger partial charge in [0, 0.05) is 30.4 Å². The number of nitrogens with one attached hydrogen (secondary N) is 1. The molecule has 0 atom stereocenters. The summed E-state index contributed by atoms with van der Waals surface area (Å²) in [7, 11) is 0. The average molecular weight is 303 g/mol. The van der Waals surface area contributed by atoms with E-state index in [9.17, 15) is 0 Å². The van der Waals surface area contributed by atoms with Gasteiger partial charge in [0.25, 0.3) is 0 Å². The van der Waals surface area contributed by atoms with Gasteiger partial charge in [0.15, 0.2) is 5.82 Å². The van der Waals surface area contributed by atoms with E-state index in [0.29, 0.717) is 11.7 Å². The normalized spacial score (nSPS) is 11.6. The SMILES string of the molecule is c1ccc(N/N=C(\N=Nc2cnccn2)c2ccncc2)cc1. The quantitative estimate of drug-likeness (QED) is 0.346. The summed E-state index contributed by atoms with van der Waals surface area (Å²) in [5.74, 6) is 0.830. The second-order valence-electron chi connectivity index (χ2n) is 4.41. The van der Waals surface area contributed by atoms with Gasteiger partial charge in [-0.25, -0.2) is 4.98 Å². The van der Waals surface area contributed by atoms with E-state index in [1.165, 1.54) is 6.20 Å². The molecule has 0 unspecified atom stereocenters. The van der Waals surface area contributed by atoms with Gasteiger partial charge in [0.05, 0.1) is 11.9 Å². The topological polar surface area (TPSA) is 87.8 Å². The van der Waals surface area contributed by atoms with Gasteiger partial charge in [-0.15, -0.1) is 10.2 Å². The molecule has 2 aromatic heterocycles. The number of para-hydroxylation sites is 1. The van der Waals surface area contributed by atoms with Crippen molar-refractivity contribution in [2.24, 2.45) is 15.3 Å². The second-order valence-corrected chi connectivity index (χ2v) is 4.41. The van der Waals surface area contributed by atoms with Gasteiger partial charge in [-0.1, -0.05) is 18.2 Å². The molecule has 7 nitrogen and oxygen atoms in total. The Morgan fingerprint density at radius 3 is 2.43 bits per heavy atom. The molecule has 3 rings (SSSR count). The van der Waals surface area contributed by atoms with Crippen molar-refractivity contribution in [1.82, 2.24) is 15.0 Å². The molecule has 0 saturated heterocycles. The Balaban J connectivity index is 1.86. The molecule has 0 amide bonds. The van der Waals surface area contributed by atoms with E-state index < -0.39 is 0 Å². The average Bonchev–Trinajstić information content (AvgIpc) is 2.64. The third-order valence-electron chi connectivity index (χ3n) is 2.80. The summed E-state index contributed by atoms with van der Waals surface area (Å²) in [5.41, 5.74) is 4.60. The highest BCUT2D eigenvalue weighted by Crippen LogP contribution is 2.10. The van der Waals surface area contributed by atoms with Crippen molar-refractivity contribution in [1.29, 1.82) is 0 Å². The van der Waals surface area contributed by atoms with Crippen molar-refractivity contribution in [2.45, 2.75) is 0 Å². The van der Waals surface area contributed by atoms with Gasteiger partial charge in [-0.05, 0) is 24.3 Å². The molecule has 7 heteroatoms. The Kier molecular flexibility index (Phi) is 4.72. The Morgan fingerprint density at radius 2 is 1.70 bits per heavy atom. The van der Waals surface area contributed by atoms with E-state index >= 15 is 0 Å². The fourth-order valence-electron chi connectivity index (χ4n) is 1.72. The maximum atomic E-state index is 4.31. The molecule has 0 radical (unpaired) electrons. The lowest BCUT2D eigenvalue weighted by Gasteiger charge is -2.02. The van der Waals surface area contributed by atoms with Crippen LogP contribution in [0, 0.1) is 0 Å². The molecule has 0 bridgehead atoms. The minimum Gasteiger partial charge on any atom is -0.276 e. The van der Waals surface area contributed by atoms with E-state index in [4.69, 9.17) is 0 Å². The number of rotatable bonds is 4. The molecule has 1 aromatic carbocycles. The van der Waals surface area contributed by atoms with E-state index in [0.717, 1.165) is 11.3 Å². The van der Waals surface area contributed by atoms with Crippen LogP contribution in [0.2, 0.25) is 0 Å². The van der Waals surface area contributed by atoms with Crippen LogP contribution in [0.3, 0.4) is 0 Å². The largest absolute Gasteiger partial charge is 0.276 e. The standard InChI is InChI=1S/C16H13N7/c1-2-4-14(5-3-1)20-22-16(13-6-8-17-9-7-13)23-21-15-12-18-10-11-19-15/h1-12,20H/b22-16-,23-21?. The minimum absolute atomic E-state index is 0.411. The van der Waals surface area contributed by atoms with Crippen LogP contribution in [-0.2, 0) is 0 Å². The zero-order valence-electron chi connectivity index (χ0n) is 12.1. The fraction of sp³-hybridized carbons (Fsp3) is 0. The van der Waals surface area contributed by atoms with Crippen molar-refractivity contribution >= 4 is 17.3 Å². The summed E-state index contributed by atoms with van der Waals surface area (Å²) in [4.78, 5) is 12.0. The number of hydrogen-bond acceptors (Lipinski definition) is 6. The molecule has 0 saturated carbocycles. The second kappa shape index (κ2) is 7.51. The summed E-state index contributed by atoms with van der Waals surface area (Å²) in [6.45, 7) is 0. The minimum atomic E-state index is 0.411. The molecule has 0 aliphatic heterocycles. The van der Waals surface area contributed by atoms with Crippen molar-refractivity contribution < 1.29 is 0 Å².